The summed E-state index contributed by atoms with van der Waals surface area (Å²) >= 11 is 1.51. The molecule has 6 nitrogen and oxygen atoms in total. The van der Waals surface area contributed by atoms with E-state index in [1.54, 1.807) is 6.92 Å². The average Bonchev–Trinajstić information content (AvgIpc) is 3.30. The first-order valence-electron chi connectivity index (χ1n) is 9.49. The number of β-amino-alcohol motifs (C(OH)–C–C–N with tert-alkyl or cyclic N) is 1. The van der Waals surface area contributed by atoms with Crippen molar-refractivity contribution in [2.75, 3.05) is 44.2 Å². The van der Waals surface area contributed by atoms with Gasteiger partial charge < -0.3 is 10.0 Å². The highest BCUT2D eigenvalue weighted by atomic mass is 32.1. The predicted octanol–water partition coefficient (Wildman–Crippen LogP) is 1.71. The molecule has 2 aliphatic heterocycles. The zero-order valence-corrected chi connectivity index (χ0v) is 16.4. The second kappa shape index (κ2) is 8.06. The summed E-state index contributed by atoms with van der Waals surface area (Å²) in [6, 6.07) is 8.18. The molecule has 2 aromatic heterocycles. The lowest BCUT2D eigenvalue weighted by molar-refractivity contribution is 0.0790. The number of Topliss-reactive ketones (excluding diaryl/α,β-unsaturated/α-hetero) is 1. The molecular formula is C20H26N4O2S. The van der Waals surface area contributed by atoms with Crippen LogP contribution in [0, 0.1) is 0 Å². The largest absolute Gasteiger partial charge is 0.390 e. The fraction of sp³-hybridized carbons (Fsp3) is 0.500. The summed E-state index contributed by atoms with van der Waals surface area (Å²) in [5, 5.41) is 12.7. The summed E-state index contributed by atoms with van der Waals surface area (Å²) in [7, 11) is 0. The van der Waals surface area contributed by atoms with Gasteiger partial charge in [0, 0.05) is 58.1 Å². The van der Waals surface area contributed by atoms with Crippen LogP contribution in [0.1, 0.15) is 22.2 Å². The molecular weight excluding hydrogens is 360 g/mol. The Morgan fingerprint density at radius 2 is 2.07 bits per heavy atom. The molecule has 2 fully saturated rings. The highest BCUT2D eigenvalue weighted by Crippen LogP contribution is 2.23. The van der Waals surface area contributed by atoms with E-state index in [9.17, 15) is 9.90 Å². The maximum atomic E-state index is 11.5. The Morgan fingerprint density at radius 1 is 1.26 bits per heavy atom. The number of nitrogens with zero attached hydrogens (tertiary/aromatic N) is 4. The van der Waals surface area contributed by atoms with Crippen molar-refractivity contribution in [2.24, 2.45) is 0 Å². The number of aliphatic hydroxyl groups is 1. The predicted molar refractivity (Wildman–Crippen MR) is 107 cm³/mol. The molecule has 0 spiro atoms. The van der Waals surface area contributed by atoms with Crippen molar-refractivity contribution in [1.29, 1.82) is 0 Å². The zero-order valence-electron chi connectivity index (χ0n) is 15.6. The Hall–Kier alpha value is -1.80. The molecule has 2 aromatic rings. The number of ketones is 1. The number of likely N-dealkylation sites (tertiary alicyclic amines) is 1. The van der Waals surface area contributed by atoms with Crippen LogP contribution in [-0.2, 0) is 6.54 Å². The monoisotopic (exact) mass is 386 g/mol. The van der Waals surface area contributed by atoms with Gasteiger partial charge in [0.1, 0.15) is 5.82 Å². The van der Waals surface area contributed by atoms with Gasteiger partial charge in [0.25, 0.3) is 0 Å². The van der Waals surface area contributed by atoms with Crippen LogP contribution < -0.4 is 4.90 Å². The van der Waals surface area contributed by atoms with Crippen molar-refractivity contribution in [3.05, 3.63) is 46.3 Å². The highest BCUT2D eigenvalue weighted by Gasteiger charge is 2.36. The number of anilines is 1. The van der Waals surface area contributed by atoms with Crippen LogP contribution in [0.25, 0.3) is 0 Å². The molecule has 2 aliphatic rings. The fourth-order valence-corrected chi connectivity index (χ4v) is 4.87. The van der Waals surface area contributed by atoms with E-state index in [1.165, 1.54) is 11.3 Å². The molecule has 1 N–H and O–H groups in total. The highest BCUT2D eigenvalue weighted by molar-refractivity contribution is 7.12. The second-order valence-electron chi connectivity index (χ2n) is 7.42. The smallest absolute Gasteiger partial charge is 0.169 e. The Labute approximate surface area is 164 Å². The van der Waals surface area contributed by atoms with E-state index in [0.29, 0.717) is 6.54 Å². The van der Waals surface area contributed by atoms with E-state index >= 15 is 0 Å². The van der Waals surface area contributed by atoms with E-state index in [0.717, 1.165) is 55.5 Å². The Bertz CT molecular complexity index is 773. The summed E-state index contributed by atoms with van der Waals surface area (Å²) in [5.74, 6) is 1.15. The Kier molecular flexibility index (Phi) is 5.54. The molecule has 2 saturated heterocycles. The summed E-state index contributed by atoms with van der Waals surface area (Å²) in [6.07, 6.45) is 1.51. The van der Waals surface area contributed by atoms with Gasteiger partial charge >= 0.3 is 0 Å². The normalized spacial score (nSPS) is 24.4. The minimum Gasteiger partial charge on any atom is -0.390 e. The third kappa shape index (κ3) is 4.21. The number of pyridine rings is 1. The molecule has 144 valence electrons. The molecule has 2 atom stereocenters. The Balaban J connectivity index is 1.31. The van der Waals surface area contributed by atoms with Crippen molar-refractivity contribution >= 4 is 22.9 Å². The molecule has 0 saturated carbocycles. The van der Waals surface area contributed by atoms with Crippen molar-refractivity contribution in [3.8, 4) is 0 Å². The average molecular weight is 387 g/mol. The van der Waals surface area contributed by atoms with Gasteiger partial charge in [-0.05, 0) is 36.1 Å². The van der Waals surface area contributed by atoms with E-state index in [-0.39, 0.29) is 17.9 Å². The van der Waals surface area contributed by atoms with E-state index < -0.39 is 0 Å². The van der Waals surface area contributed by atoms with Crippen LogP contribution in [0.4, 0.5) is 5.82 Å². The number of thiophene rings is 1. The van der Waals surface area contributed by atoms with E-state index in [2.05, 4.69) is 31.1 Å². The number of hydrogen-bond donors (Lipinski definition) is 1. The quantitative estimate of drug-likeness (QED) is 0.790. The lowest BCUT2D eigenvalue weighted by Crippen LogP contribution is -2.53. The van der Waals surface area contributed by atoms with Crippen LogP contribution in [-0.4, -0.2) is 77.1 Å². The van der Waals surface area contributed by atoms with Gasteiger partial charge in [0.05, 0.1) is 11.0 Å². The zero-order chi connectivity index (χ0) is 18.8. The first-order chi connectivity index (χ1) is 13.1. The van der Waals surface area contributed by atoms with Crippen molar-refractivity contribution in [1.82, 2.24) is 14.8 Å². The van der Waals surface area contributed by atoms with Crippen LogP contribution in [0.5, 0.6) is 0 Å². The number of hydrogen-bond acceptors (Lipinski definition) is 7. The molecule has 0 amide bonds. The number of aromatic nitrogens is 1. The molecule has 0 bridgehead atoms. The molecule has 4 heterocycles. The molecule has 0 radical (unpaired) electrons. The van der Waals surface area contributed by atoms with Gasteiger partial charge in [-0.2, -0.15) is 0 Å². The van der Waals surface area contributed by atoms with Crippen molar-refractivity contribution < 1.29 is 9.90 Å². The number of rotatable bonds is 5. The van der Waals surface area contributed by atoms with E-state index in [4.69, 9.17) is 0 Å². The second-order valence-corrected chi connectivity index (χ2v) is 8.33. The van der Waals surface area contributed by atoms with Gasteiger partial charge in [-0.3, -0.25) is 14.6 Å². The maximum absolute atomic E-state index is 11.5. The summed E-state index contributed by atoms with van der Waals surface area (Å²) in [4.78, 5) is 23.8. The van der Waals surface area contributed by atoms with Crippen LogP contribution in [0.15, 0.2) is 35.8 Å². The molecule has 0 unspecified atom stereocenters. The lowest BCUT2D eigenvalue weighted by Gasteiger charge is -2.39. The lowest BCUT2D eigenvalue weighted by atomic mass is 10.1. The number of aliphatic hydroxyl groups excluding tert-OH is 1. The topological polar surface area (TPSA) is 59.9 Å². The summed E-state index contributed by atoms with van der Waals surface area (Å²) in [6.45, 7) is 7.73. The minimum atomic E-state index is -0.322. The summed E-state index contributed by atoms with van der Waals surface area (Å²) < 4.78 is 0. The van der Waals surface area contributed by atoms with Gasteiger partial charge in [0.15, 0.2) is 5.78 Å². The SMILES string of the molecule is CC(=O)c1cc(CN2C[C@H](O)[C@@H](N3CCN(c4ccccn4)CC3)C2)cs1. The number of piperazine rings is 1. The van der Waals surface area contributed by atoms with Crippen LogP contribution in [0.2, 0.25) is 0 Å². The molecule has 0 aliphatic carbocycles. The van der Waals surface area contributed by atoms with Gasteiger partial charge in [-0.25, -0.2) is 4.98 Å². The van der Waals surface area contributed by atoms with Crippen LogP contribution >= 0.6 is 11.3 Å². The Morgan fingerprint density at radius 3 is 2.74 bits per heavy atom. The van der Waals surface area contributed by atoms with Gasteiger partial charge in [-0.1, -0.05) is 6.07 Å². The standard InChI is InChI=1S/C20H26N4O2S/c1-15(25)19-10-16(14-27-19)11-22-12-17(18(26)13-22)23-6-8-24(9-7-23)20-4-2-3-5-21-20/h2-5,10,14,17-18,26H,6-9,11-13H2,1H3/t17-,18-/m0/s1. The fourth-order valence-electron chi connectivity index (χ4n) is 4.06. The number of carbonyl (C=O) groups excluding carboxylic acids is 1. The van der Waals surface area contributed by atoms with Crippen molar-refractivity contribution in [3.63, 3.8) is 0 Å². The first-order valence-corrected chi connectivity index (χ1v) is 10.4. The minimum absolute atomic E-state index is 0.122. The molecule has 27 heavy (non-hydrogen) atoms. The third-order valence-corrected chi connectivity index (χ3v) is 6.58. The summed E-state index contributed by atoms with van der Waals surface area (Å²) in [5.41, 5.74) is 1.16. The maximum Gasteiger partial charge on any atom is 0.169 e. The number of carbonyl (C=O) groups is 1. The van der Waals surface area contributed by atoms with Crippen LogP contribution in [0.3, 0.4) is 0 Å². The molecule has 4 rings (SSSR count). The first kappa shape index (κ1) is 18.6. The molecule has 0 aromatic carbocycles. The van der Waals surface area contributed by atoms with Gasteiger partial charge in [-0.15, -0.1) is 11.3 Å². The van der Waals surface area contributed by atoms with E-state index in [1.807, 2.05) is 24.4 Å². The van der Waals surface area contributed by atoms with Gasteiger partial charge in [0.2, 0.25) is 0 Å². The van der Waals surface area contributed by atoms with Crippen molar-refractivity contribution in [2.45, 2.75) is 25.6 Å². The third-order valence-electron chi connectivity index (χ3n) is 5.50. The molecule has 7 heteroatoms.